The van der Waals surface area contributed by atoms with Crippen molar-refractivity contribution in [2.24, 2.45) is 0 Å². The van der Waals surface area contributed by atoms with Gasteiger partial charge in [-0.3, -0.25) is 0 Å². The summed E-state index contributed by atoms with van der Waals surface area (Å²) >= 11 is 3.41. The molecule has 100 valence electrons. The Kier molecular flexibility index (Phi) is 4.26. The predicted molar refractivity (Wildman–Crippen MR) is 71.1 cm³/mol. The van der Waals surface area contributed by atoms with Crippen LogP contribution >= 0.6 is 15.9 Å². The summed E-state index contributed by atoms with van der Waals surface area (Å²) in [6, 6.07) is 5.63. The summed E-state index contributed by atoms with van der Waals surface area (Å²) < 4.78 is 28.5. The van der Waals surface area contributed by atoms with E-state index in [9.17, 15) is 8.42 Å². The summed E-state index contributed by atoms with van der Waals surface area (Å²) in [6.45, 7) is 0.590. The van der Waals surface area contributed by atoms with E-state index in [0.717, 1.165) is 10.0 Å². The molecule has 1 aliphatic heterocycles. The van der Waals surface area contributed by atoms with Gasteiger partial charge in [-0.25, -0.2) is 8.42 Å². The third-order valence-electron chi connectivity index (χ3n) is 2.59. The first kappa shape index (κ1) is 13.8. The average Bonchev–Trinajstić information content (AvgIpc) is 2.27. The number of hydrogen-bond donors (Lipinski definition) is 1. The van der Waals surface area contributed by atoms with Crippen molar-refractivity contribution in [1.82, 2.24) is 5.48 Å². The third kappa shape index (κ3) is 3.44. The molecule has 0 unspecified atom stereocenters. The second-order valence-corrected chi connectivity index (χ2v) is 7.11. The molecule has 0 aliphatic carbocycles. The summed E-state index contributed by atoms with van der Waals surface area (Å²) in [4.78, 5) is 4.77. The van der Waals surface area contributed by atoms with Crippen LogP contribution < -0.4 is 10.2 Å². The van der Waals surface area contributed by atoms with Crippen molar-refractivity contribution in [1.29, 1.82) is 0 Å². The molecule has 1 aliphatic rings. The highest BCUT2D eigenvalue weighted by atomic mass is 79.9. The van der Waals surface area contributed by atoms with E-state index in [2.05, 4.69) is 21.4 Å². The molecule has 1 aromatic rings. The van der Waals surface area contributed by atoms with Crippen molar-refractivity contribution in [3.63, 3.8) is 0 Å². The molecule has 0 spiro atoms. The van der Waals surface area contributed by atoms with Gasteiger partial charge in [-0.15, -0.1) is 0 Å². The second kappa shape index (κ2) is 5.56. The van der Waals surface area contributed by atoms with E-state index >= 15 is 0 Å². The monoisotopic (exact) mass is 335 g/mol. The number of hydroxylamine groups is 1. The van der Waals surface area contributed by atoms with Crippen molar-refractivity contribution in [2.75, 3.05) is 18.6 Å². The van der Waals surface area contributed by atoms with Crippen molar-refractivity contribution in [3.8, 4) is 5.75 Å². The smallest absolute Gasteiger partial charge is 0.157 e. The maximum atomic E-state index is 11.0. The van der Waals surface area contributed by atoms with Crippen molar-refractivity contribution in [2.45, 2.75) is 12.6 Å². The van der Waals surface area contributed by atoms with Crippen molar-refractivity contribution < 1.29 is 18.0 Å². The summed E-state index contributed by atoms with van der Waals surface area (Å²) in [7, 11) is -1.29. The molecule has 1 heterocycles. The molecule has 0 amide bonds. The van der Waals surface area contributed by atoms with Crippen LogP contribution in [-0.2, 0) is 21.2 Å². The van der Waals surface area contributed by atoms with E-state index in [0.29, 0.717) is 12.3 Å². The van der Waals surface area contributed by atoms with Crippen LogP contribution in [-0.4, -0.2) is 33.1 Å². The number of hydrogen-bond acceptors (Lipinski definition) is 5. The molecule has 1 aromatic carbocycles. The van der Waals surface area contributed by atoms with Gasteiger partial charge in [0.25, 0.3) is 0 Å². The quantitative estimate of drug-likeness (QED) is 0.821. The summed E-state index contributed by atoms with van der Waals surface area (Å²) in [5.41, 5.74) is 3.78. The predicted octanol–water partition coefficient (Wildman–Crippen LogP) is 1.28. The van der Waals surface area contributed by atoms with Crippen LogP contribution in [0.4, 0.5) is 0 Å². The SMILES string of the molecule is CONCc1ccc(OC2CS(=O)(=O)C2)c(Br)c1. The molecule has 1 fully saturated rings. The lowest BCUT2D eigenvalue weighted by atomic mass is 10.2. The second-order valence-electron chi connectivity index (χ2n) is 4.11. The molecular weight excluding hydrogens is 322 g/mol. The van der Waals surface area contributed by atoms with Gasteiger partial charge in [0.2, 0.25) is 0 Å². The zero-order valence-corrected chi connectivity index (χ0v) is 12.3. The Labute approximate surface area is 114 Å². The highest BCUT2D eigenvalue weighted by Gasteiger charge is 2.35. The van der Waals surface area contributed by atoms with Gasteiger partial charge in [0, 0.05) is 6.54 Å². The van der Waals surface area contributed by atoms with Crippen LogP contribution in [0.25, 0.3) is 0 Å². The van der Waals surface area contributed by atoms with E-state index in [-0.39, 0.29) is 17.6 Å². The average molecular weight is 336 g/mol. The minimum absolute atomic E-state index is 0.104. The zero-order chi connectivity index (χ0) is 13.2. The van der Waals surface area contributed by atoms with E-state index in [1.54, 1.807) is 7.11 Å². The number of ether oxygens (including phenoxy) is 1. The minimum atomic E-state index is -2.85. The van der Waals surface area contributed by atoms with Crippen LogP contribution in [0.5, 0.6) is 5.75 Å². The molecule has 18 heavy (non-hydrogen) atoms. The number of sulfone groups is 1. The lowest BCUT2D eigenvalue weighted by molar-refractivity contribution is 0.0867. The number of nitrogens with one attached hydrogen (secondary N) is 1. The van der Waals surface area contributed by atoms with Gasteiger partial charge in [-0.05, 0) is 33.6 Å². The Morgan fingerprint density at radius 1 is 1.44 bits per heavy atom. The summed E-state index contributed by atoms with van der Waals surface area (Å²) in [6.07, 6.45) is -0.228. The molecule has 2 rings (SSSR count). The van der Waals surface area contributed by atoms with Crippen molar-refractivity contribution >= 4 is 25.8 Å². The summed E-state index contributed by atoms with van der Waals surface area (Å²) in [5, 5.41) is 0. The number of benzene rings is 1. The molecule has 0 radical (unpaired) electrons. The first-order chi connectivity index (χ1) is 8.50. The molecule has 0 saturated carbocycles. The van der Waals surface area contributed by atoms with Gasteiger partial charge in [0.15, 0.2) is 9.84 Å². The fraction of sp³-hybridized carbons (Fsp3) is 0.455. The van der Waals surface area contributed by atoms with Gasteiger partial charge in [-0.2, -0.15) is 5.48 Å². The Bertz CT molecular complexity index is 520. The molecule has 5 nitrogen and oxygen atoms in total. The highest BCUT2D eigenvalue weighted by Crippen LogP contribution is 2.29. The fourth-order valence-corrected chi connectivity index (χ4v) is 3.36. The molecule has 1 saturated heterocycles. The van der Waals surface area contributed by atoms with Crippen LogP contribution in [0.2, 0.25) is 0 Å². The van der Waals surface area contributed by atoms with Gasteiger partial charge in [-0.1, -0.05) is 6.07 Å². The lowest BCUT2D eigenvalue weighted by Crippen LogP contribution is -2.45. The lowest BCUT2D eigenvalue weighted by Gasteiger charge is -2.27. The topological polar surface area (TPSA) is 64.6 Å². The van der Waals surface area contributed by atoms with Crippen LogP contribution in [0.15, 0.2) is 22.7 Å². The fourth-order valence-electron chi connectivity index (χ4n) is 1.67. The molecule has 0 atom stereocenters. The van der Waals surface area contributed by atoms with Crippen LogP contribution in [0.3, 0.4) is 0 Å². The molecular formula is C11H14BrNO4S. The third-order valence-corrected chi connectivity index (χ3v) is 4.97. The highest BCUT2D eigenvalue weighted by molar-refractivity contribution is 9.10. The standard InChI is InChI=1S/C11H14BrNO4S/c1-16-13-5-8-2-3-11(10(12)4-8)17-9-6-18(14,15)7-9/h2-4,9,13H,5-7H2,1H3. The minimum Gasteiger partial charge on any atom is -0.487 e. The van der Waals surface area contributed by atoms with E-state index < -0.39 is 9.84 Å². The Balaban J connectivity index is 1.97. The molecule has 0 aromatic heterocycles. The largest absolute Gasteiger partial charge is 0.487 e. The summed E-state index contributed by atoms with van der Waals surface area (Å²) in [5.74, 6) is 0.870. The van der Waals surface area contributed by atoms with E-state index in [1.807, 2.05) is 18.2 Å². The Morgan fingerprint density at radius 3 is 2.72 bits per heavy atom. The van der Waals surface area contributed by atoms with Crippen LogP contribution in [0.1, 0.15) is 5.56 Å². The van der Waals surface area contributed by atoms with Gasteiger partial charge < -0.3 is 9.57 Å². The molecule has 0 bridgehead atoms. The van der Waals surface area contributed by atoms with E-state index in [4.69, 9.17) is 9.57 Å². The number of halogens is 1. The maximum Gasteiger partial charge on any atom is 0.157 e. The van der Waals surface area contributed by atoms with E-state index in [1.165, 1.54) is 0 Å². The zero-order valence-electron chi connectivity index (χ0n) is 9.85. The molecule has 7 heteroatoms. The normalized spacial score (nSPS) is 18.3. The van der Waals surface area contributed by atoms with Gasteiger partial charge >= 0.3 is 0 Å². The molecule has 1 N–H and O–H groups in total. The first-order valence-electron chi connectivity index (χ1n) is 5.41. The van der Waals surface area contributed by atoms with Crippen LogP contribution in [0, 0.1) is 0 Å². The number of rotatable bonds is 5. The Hall–Kier alpha value is -0.630. The first-order valence-corrected chi connectivity index (χ1v) is 8.03. The maximum absolute atomic E-state index is 11.0. The van der Waals surface area contributed by atoms with Gasteiger partial charge in [0.1, 0.15) is 11.9 Å². The Morgan fingerprint density at radius 2 is 2.17 bits per heavy atom. The van der Waals surface area contributed by atoms with Crippen molar-refractivity contribution in [3.05, 3.63) is 28.2 Å². The van der Waals surface area contributed by atoms with Gasteiger partial charge in [0.05, 0.1) is 23.1 Å².